The summed E-state index contributed by atoms with van der Waals surface area (Å²) >= 11 is 1.35. The van der Waals surface area contributed by atoms with E-state index in [4.69, 9.17) is 26.2 Å². The Morgan fingerprint density at radius 3 is 1.81 bits per heavy atom. The summed E-state index contributed by atoms with van der Waals surface area (Å²) in [6, 6.07) is -5.84. The van der Waals surface area contributed by atoms with Crippen LogP contribution in [0.25, 0.3) is 0 Å². The third kappa shape index (κ3) is 11.5. The Morgan fingerprint density at radius 1 is 0.812 bits per heavy atom. The van der Waals surface area contributed by atoms with Crippen molar-refractivity contribution in [1.82, 2.24) is 16.0 Å². The maximum Gasteiger partial charge on any atom is 0.326 e. The van der Waals surface area contributed by atoms with Crippen LogP contribution in [0.5, 0.6) is 0 Å². The molecule has 32 heavy (non-hydrogen) atoms. The molecule has 0 saturated heterocycles. The summed E-state index contributed by atoms with van der Waals surface area (Å²) in [5.41, 5.74) is 5.40. The molecule has 0 aromatic heterocycles. The molecule has 0 heterocycles. The van der Waals surface area contributed by atoms with Crippen LogP contribution in [0.3, 0.4) is 0 Å². The number of hydrogen-bond donors (Lipinski definition) is 8. The van der Waals surface area contributed by atoms with Gasteiger partial charge in [0.25, 0.3) is 0 Å². The third-order valence-corrected chi connectivity index (χ3v) is 4.69. The number of aliphatic hydroxyl groups is 1. The number of carbonyl (C=O) groups excluding carboxylic acids is 3. The standard InChI is InChI=1S/C17H28N4O10S/c1-32-5-4-9(19-14(27)8(18)7-22)15(28)21-11(6-13(25)26)16(29)20-10(17(30)31)2-3-12(23)24/h8-11,22H,2-7,18H2,1H3,(H,19,27)(H,20,29)(H,21,28)(H,23,24)(H,25,26)(H,30,31). The summed E-state index contributed by atoms with van der Waals surface area (Å²) in [7, 11) is 0. The number of carbonyl (C=O) groups is 6. The zero-order valence-corrected chi connectivity index (χ0v) is 18.1. The largest absolute Gasteiger partial charge is 0.481 e. The maximum absolute atomic E-state index is 12.6. The van der Waals surface area contributed by atoms with E-state index >= 15 is 0 Å². The SMILES string of the molecule is CSCCC(NC(=O)C(N)CO)C(=O)NC(CC(=O)O)C(=O)NC(CCC(=O)O)C(=O)O. The lowest BCUT2D eigenvalue weighted by Gasteiger charge is -2.24. The molecule has 0 aromatic rings. The molecule has 0 radical (unpaired) electrons. The van der Waals surface area contributed by atoms with Crippen LogP contribution in [0.1, 0.15) is 25.7 Å². The molecule has 0 saturated carbocycles. The van der Waals surface area contributed by atoms with E-state index in [1.54, 1.807) is 6.26 Å². The molecule has 0 fully saturated rings. The molecule has 0 aliphatic rings. The number of aliphatic hydroxyl groups excluding tert-OH is 1. The molecular weight excluding hydrogens is 452 g/mol. The van der Waals surface area contributed by atoms with Gasteiger partial charge in [-0.1, -0.05) is 0 Å². The van der Waals surface area contributed by atoms with Crippen LogP contribution < -0.4 is 21.7 Å². The highest BCUT2D eigenvalue weighted by molar-refractivity contribution is 7.98. The summed E-state index contributed by atoms with van der Waals surface area (Å²) in [5.74, 6) is -6.82. The van der Waals surface area contributed by atoms with Gasteiger partial charge in [0.1, 0.15) is 24.2 Å². The molecule has 0 aliphatic carbocycles. The van der Waals surface area contributed by atoms with Crippen LogP contribution in [0.4, 0.5) is 0 Å². The first-order valence-corrected chi connectivity index (χ1v) is 10.7. The minimum atomic E-state index is -1.70. The predicted molar refractivity (Wildman–Crippen MR) is 111 cm³/mol. The van der Waals surface area contributed by atoms with E-state index < -0.39 is 85.7 Å². The van der Waals surface area contributed by atoms with Gasteiger partial charge < -0.3 is 42.1 Å². The smallest absolute Gasteiger partial charge is 0.326 e. The van der Waals surface area contributed by atoms with Gasteiger partial charge >= 0.3 is 17.9 Å². The molecule has 0 rings (SSSR count). The molecule has 4 unspecified atom stereocenters. The molecule has 9 N–H and O–H groups in total. The van der Waals surface area contributed by atoms with E-state index in [2.05, 4.69) is 10.6 Å². The molecule has 0 aliphatic heterocycles. The maximum atomic E-state index is 12.6. The molecular formula is C17H28N4O10S. The number of amides is 3. The second-order valence-corrected chi connectivity index (χ2v) is 7.61. The summed E-state index contributed by atoms with van der Waals surface area (Å²) in [6.07, 6.45) is -0.104. The number of thioether (sulfide) groups is 1. The lowest BCUT2D eigenvalue weighted by atomic mass is 10.1. The number of nitrogens with two attached hydrogens (primary N) is 1. The Kier molecular flexibility index (Phi) is 13.6. The first kappa shape index (κ1) is 29.1. The minimum absolute atomic E-state index is 0.0919. The number of nitrogens with one attached hydrogen (secondary N) is 3. The first-order chi connectivity index (χ1) is 14.9. The molecule has 4 atom stereocenters. The second-order valence-electron chi connectivity index (χ2n) is 6.62. The van der Waals surface area contributed by atoms with Crippen molar-refractivity contribution in [2.24, 2.45) is 5.73 Å². The lowest BCUT2D eigenvalue weighted by molar-refractivity contribution is -0.144. The average Bonchev–Trinajstić information content (AvgIpc) is 2.71. The fourth-order valence-corrected chi connectivity index (χ4v) is 2.79. The predicted octanol–water partition coefficient (Wildman–Crippen LogP) is -3.06. The minimum Gasteiger partial charge on any atom is -0.481 e. The van der Waals surface area contributed by atoms with E-state index in [0.717, 1.165) is 0 Å². The van der Waals surface area contributed by atoms with Gasteiger partial charge in [-0.15, -0.1) is 0 Å². The van der Waals surface area contributed by atoms with Crippen molar-refractivity contribution in [1.29, 1.82) is 0 Å². The fraction of sp³-hybridized carbons (Fsp3) is 0.647. The van der Waals surface area contributed by atoms with Gasteiger partial charge in [0.15, 0.2) is 0 Å². The van der Waals surface area contributed by atoms with Crippen LogP contribution in [0.2, 0.25) is 0 Å². The highest BCUT2D eigenvalue weighted by Crippen LogP contribution is 2.05. The van der Waals surface area contributed by atoms with Crippen molar-refractivity contribution in [3.63, 3.8) is 0 Å². The van der Waals surface area contributed by atoms with Crippen molar-refractivity contribution in [2.75, 3.05) is 18.6 Å². The Hall–Kier alpha value is -2.91. The van der Waals surface area contributed by atoms with Crippen LogP contribution in [0, 0.1) is 0 Å². The summed E-state index contributed by atoms with van der Waals surface area (Å²) in [4.78, 5) is 70.0. The second kappa shape index (κ2) is 15.0. The number of rotatable bonds is 16. The normalized spacial score (nSPS) is 14.3. The monoisotopic (exact) mass is 480 g/mol. The van der Waals surface area contributed by atoms with E-state index in [-0.39, 0.29) is 6.42 Å². The van der Waals surface area contributed by atoms with Gasteiger partial charge in [0, 0.05) is 6.42 Å². The first-order valence-electron chi connectivity index (χ1n) is 9.35. The van der Waals surface area contributed by atoms with Crippen LogP contribution >= 0.6 is 11.8 Å². The summed E-state index contributed by atoms with van der Waals surface area (Å²) in [6.45, 7) is -0.681. The van der Waals surface area contributed by atoms with Crippen LogP contribution in [-0.4, -0.2) is 98.8 Å². The zero-order valence-electron chi connectivity index (χ0n) is 17.3. The zero-order chi connectivity index (χ0) is 24.8. The van der Waals surface area contributed by atoms with Gasteiger partial charge in [0.2, 0.25) is 17.7 Å². The quantitative estimate of drug-likeness (QED) is 0.110. The average molecular weight is 480 g/mol. The number of aliphatic carboxylic acids is 3. The fourth-order valence-electron chi connectivity index (χ4n) is 2.32. The van der Waals surface area contributed by atoms with Crippen molar-refractivity contribution < 1.29 is 49.2 Å². The molecule has 182 valence electrons. The Bertz CT molecular complexity index is 705. The van der Waals surface area contributed by atoms with E-state index in [1.165, 1.54) is 11.8 Å². The van der Waals surface area contributed by atoms with E-state index in [1.807, 2.05) is 5.32 Å². The Morgan fingerprint density at radius 2 is 1.34 bits per heavy atom. The third-order valence-electron chi connectivity index (χ3n) is 4.05. The Labute approximate surface area is 187 Å². The lowest BCUT2D eigenvalue weighted by Crippen LogP contribution is -2.57. The highest BCUT2D eigenvalue weighted by atomic mass is 32.2. The van der Waals surface area contributed by atoms with Crippen LogP contribution in [-0.2, 0) is 28.8 Å². The molecule has 0 spiro atoms. The molecule has 0 bridgehead atoms. The number of hydrogen-bond acceptors (Lipinski definition) is 9. The molecule has 15 heteroatoms. The molecule has 14 nitrogen and oxygen atoms in total. The van der Waals surface area contributed by atoms with Gasteiger partial charge in [0.05, 0.1) is 13.0 Å². The van der Waals surface area contributed by atoms with E-state index in [0.29, 0.717) is 5.75 Å². The highest BCUT2D eigenvalue weighted by Gasteiger charge is 2.31. The summed E-state index contributed by atoms with van der Waals surface area (Å²) < 4.78 is 0. The van der Waals surface area contributed by atoms with Gasteiger partial charge in [-0.3, -0.25) is 24.0 Å². The number of carboxylic acid groups (broad SMARTS) is 3. The Balaban J connectivity index is 5.44. The van der Waals surface area contributed by atoms with Crippen molar-refractivity contribution in [3.05, 3.63) is 0 Å². The van der Waals surface area contributed by atoms with Gasteiger partial charge in [-0.2, -0.15) is 11.8 Å². The van der Waals surface area contributed by atoms with Gasteiger partial charge in [-0.05, 0) is 24.9 Å². The van der Waals surface area contributed by atoms with Crippen molar-refractivity contribution >= 4 is 47.4 Å². The van der Waals surface area contributed by atoms with Crippen molar-refractivity contribution in [2.45, 2.75) is 49.9 Å². The molecule has 0 aromatic carbocycles. The van der Waals surface area contributed by atoms with Crippen molar-refractivity contribution in [3.8, 4) is 0 Å². The van der Waals surface area contributed by atoms with Gasteiger partial charge in [-0.25, -0.2) is 4.79 Å². The van der Waals surface area contributed by atoms with Crippen LogP contribution in [0.15, 0.2) is 0 Å². The molecule has 3 amide bonds. The van der Waals surface area contributed by atoms with E-state index in [9.17, 15) is 28.8 Å². The topological polar surface area (TPSA) is 245 Å². The number of carboxylic acids is 3. The summed E-state index contributed by atoms with van der Waals surface area (Å²) in [5, 5.41) is 42.3.